The van der Waals surface area contributed by atoms with Crippen molar-refractivity contribution in [3.8, 4) is 11.5 Å². The van der Waals surface area contributed by atoms with Crippen LogP contribution in [0.25, 0.3) is 11.5 Å². The van der Waals surface area contributed by atoms with Crippen LogP contribution in [0.5, 0.6) is 0 Å². The van der Waals surface area contributed by atoms with Gasteiger partial charge >= 0.3 is 0 Å². The van der Waals surface area contributed by atoms with E-state index in [4.69, 9.17) is 4.42 Å². The topological polar surface area (TPSA) is 97.1 Å². The Balaban J connectivity index is 1.45. The Kier molecular flexibility index (Phi) is 6.51. The van der Waals surface area contributed by atoms with Crippen molar-refractivity contribution in [2.24, 2.45) is 0 Å². The van der Waals surface area contributed by atoms with E-state index in [0.29, 0.717) is 48.8 Å². The molecular weight excluding hydrogens is 356 g/mol. The number of anilines is 1. The number of nitrogens with zero attached hydrogens (tertiary/aromatic N) is 2. The van der Waals surface area contributed by atoms with Crippen molar-refractivity contribution in [2.75, 3.05) is 11.9 Å². The molecule has 0 radical (unpaired) electrons. The molecule has 0 unspecified atom stereocenters. The maximum absolute atomic E-state index is 12.1. The van der Waals surface area contributed by atoms with Crippen LogP contribution in [0.3, 0.4) is 0 Å². The van der Waals surface area contributed by atoms with Crippen LogP contribution in [0, 0.1) is 0 Å². The minimum Gasteiger partial charge on any atom is -0.421 e. The van der Waals surface area contributed by atoms with Gasteiger partial charge in [0.25, 0.3) is 5.91 Å². The average molecular weight is 378 g/mol. The Morgan fingerprint density at radius 1 is 1.00 bits per heavy atom. The van der Waals surface area contributed by atoms with Gasteiger partial charge in [0, 0.05) is 36.2 Å². The van der Waals surface area contributed by atoms with E-state index in [0.717, 1.165) is 5.56 Å². The average Bonchev–Trinajstić information content (AvgIpc) is 3.18. The van der Waals surface area contributed by atoms with Gasteiger partial charge in [-0.1, -0.05) is 18.2 Å². The second kappa shape index (κ2) is 9.45. The number of hydrogen-bond acceptors (Lipinski definition) is 5. The third-order valence-electron chi connectivity index (χ3n) is 4.05. The van der Waals surface area contributed by atoms with Gasteiger partial charge in [-0.3, -0.25) is 9.59 Å². The fourth-order valence-electron chi connectivity index (χ4n) is 2.64. The summed E-state index contributed by atoms with van der Waals surface area (Å²) in [4.78, 5) is 23.8. The zero-order chi connectivity index (χ0) is 19.8. The standard InChI is InChI=1S/C21H22N4O3/c1-2-22-20(27)15-11-13-17(14-12-15)23-18(26)9-6-10-19-24-25-21(28-19)16-7-4-3-5-8-16/h3-5,7-8,11-14H,2,6,9-10H2,1H3,(H,22,27)(H,23,26). The maximum atomic E-state index is 12.1. The van der Waals surface area contributed by atoms with Crippen LogP contribution in [-0.4, -0.2) is 28.6 Å². The monoisotopic (exact) mass is 378 g/mol. The summed E-state index contributed by atoms with van der Waals surface area (Å²) >= 11 is 0. The summed E-state index contributed by atoms with van der Waals surface area (Å²) in [6.45, 7) is 2.44. The smallest absolute Gasteiger partial charge is 0.251 e. The van der Waals surface area contributed by atoms with Crippen LogP contribution in [0.1, 0.15) is 36.0 Å². The molecule has 3 aromatic rings. The molecule has 0 bridgehead atoms. The molecule has 7 nitrogen and oxygen atoms in total. The lowest BCUT2D eigenvalue weighted by molar-refractivity contribution is -0.116. The molecule has 2 amide bonds. The van der Waals surface area contributed by atoms with Gasteiger partial charge in [-0.25, -0.2) is 0 Å². The van der Waals surface area contributed by atoms with E-state index in [1.807, 2.05) is 37.3 Å². The van der Waals surface area contributed by atoms with E-state index in [1.54, 1.807) is 24.3 Å². The number of amides is 2. The first-order chi connectivity index (χ1) is 13.7. The fourth-order valence-corrected chi connectivity index (χ4v) is 2.64. The molecule has 7 heteroatoms. The molecule has 2 N–H and O–H groups in total. The fraction of sp³-hybridized carbons (Fsp3) is 0.238. The molecule has 0 aliphatic heterocycles. The highest BCUT2D eigenvalue weighted by Crippen LogP contribution is 2.18. The number of nitrogens with one attached hydrogen (secondary N) is 2. The number of aryl methyl sites for hydroxylation is 1. The van der Waals surface area contributed by atoms with Crippen molar-refractivity contribution in [3.63, 3.8) is 0 Å². The van der Waals surface area contributed by atoms with Gasteiger partial charge in [0.2, 0.25) is 17.7 Å². The number of benzene rings is 2. The van der Waals surface area contributed by atoms with Crippen molar-refractivity contribution in [1.29, 1.82) is 0 Å². The molecule has 28 heavy (non-hydrogen) atoms. The largest absolute Gasteiger partial charge is 0.421 e. The van der Waals surface area contributed by atoms with Gasteiger partial charge in [-0.15, -0.1) is 10.2 Å². The van der Waals surface area contributed by atoms with Crippen LogP contribution < -0.4 is 10.6 Å². The highest BCUT2D eigenvalue weighted by atomic mass is 16.4. The van der Waals surface area contributed by atoms with E-state index >= 15 is 0 Å². The van der Waals surface area contributed by atoms with Crippen molar-refractivity contribution < 1.29 is 14.0 Å². The molecule has 0 spiro atoms. The first-order valence-electron chi connectivity index (χ1n) is 9.21. The van der Waals surface area contributed by atoms with Crippen molar-refractivity contribution >= 4 is 17.5 Å². The van der Waals surface area contributed by atoms with Crippen molar-refractivity contribution in [2.45, 2.75) is 26.2 Å². The minimum absolute atomic E-state index is 0.103. The van der Waals surface area contributed by atoms with Gasteiger partial charge < -0.3 is 15.1 Å². The highest BCUT2D eigenvalue weighted by Gasteiger charge is 2.10. The Hall–Kier alpha value is -3.48. The quantitative estimate of drug-likeness (QED) is 0.626. The SMILES string of the molecule is CCNC(=O)c1ccc(NC(=O)CCCc2nnc(-c3ccccc3)o2)cc1. The lowest BCUT2D eigenvalue weighted by Crippen LogP contribution is -2.22. The molecule has 2 aromatic carbocycles. The maximum Gasteiger partial charge on any atom is 0.251 e. The summed E-state index contributed by atoms with van der Waals surface area (Å²) in [6.07, 6.45) is 1.46. The number of rotatable bonds is 8. The molecule has 1 heterocycles. The Morgan fingerprint density at radius 3 is 2.46 bits per heavy atom. The molecule has 0 saturated heterocycles. The normalized spacial score (nSPS) is 10.5. The number of carbonyl (C=O) groups is 2. The number of carbonyl (C=O) groups excluding carboxylic acids is 2. The summed E-state index contributed by atoms with van der Waals surface area (Å²) in [5, 5.41) is 13.6. The number of aromatic nitrogens is 2. The minimum atomic E-state index is -0.130. The first kappa shape index (κ1) is 19.3. The summed E-state index contributed by atoms with van der Waals surface area (Å²) in [5.74, 6) is 0.758. The van der Waals surface area contributed by atoms with Crippen LogP contribution in [0.4, 0.5) is 5.69 Å². The van der Waals surface area contributed by atoms with Crippen LogP contribution >= 0.6 is 0 Å². The van der Waals surface area contributed by atoms with Crippen LogP contribution in [0.2, 0.25) is 0 Å². The van der Waals surface area contributed by atoms with E-state index in [-0.39, 0.29) is 11.8 Å². The van der Waals surface area contributed by atoms with Gasteiger partial charge in [0.05, 0.1) is 0 Å². The first-order valence-corrected chi connectivity index (χ1v) is 9.21. The number of hydrogen-bond donors (Lipinski definition) is 2. The van der Waals surface area contributed by atoms with E-state index in [2.05, 4.69) is 20.8 Å². The zero-order valence-electron chi connectivity index (χ0n) is 15.6. The summed E-state index contributed by atoms with van der Waals surface area (Å²) in [6, 6.07) is 16.4. The van der Waals surface area contributed by atoms with Crippen LogP contribution in [-0.2, 0) is 11.2 Å². The van der Waals surface area contributed by atoms with Gasteiger partial charge in [-0.05, 0) is 49.7 Å². The molecule has 144 valence electrons. The van der Waals surface area contributed by atoms with E-state index in [1.165, 1.54) is 0 Å². The van der Waals surface area contributed by atoms with Crippen LogP contribution in [0.15, 0.2) is 59.0 Å². The molecule has 0 saturated carbocycles. The lowest BCUT2D eigenvalue weighted by atomic mass is 10.2. The van der Waals surface area contributed by atoms with Gasteiger partial charge in [0.15, 0.2) is 0 Å². The third-order valence-corrected chi connectivity index (χ3v) is 4.05. The summed E-state index contributed by atoms with van der Waals surface area (Å²) in [5.41, 5.74) is 2.09. The predicted octanol–water partition coefficient (Wildman–Crippen LogP) is 3.45. The van der Waals surface area contributed by atoms with E-state index in [9.17, 15) is 9.59 Å². The summed E-state index contributed by atoms with van der Waals surface area (Å²) in [7, 11) is 0. The van der Waals surface area contributed by atoms with Gasteiger partial charge in [0.1, 0.15) is 0 Å². The molecule has 0 aliphatic rings. The molecule has 0 atom stereocenters. The third kappa shape index (κ3) is 5.26. The molecule has 1 aromatic heterocycles. The summed E-state index contributed by atoms with van der Waals surface area (Å²) < 4.78 is 5.63. The molecule has 0 fully saturated rings. The second-order valence-electron chi connectivity index (χ2n) is 6.21. The van der Waals surface area contributed by atoms with Crippen molar-refractivity contribution in [3.05, 3.63) is 66.1 Å². The Morgan fingerprint density at radius 2 is 1.75 bits per heavy atom. The highest BCUT2D eigenvalue weighted by molar-refractivity contribution is 5.95. The molecule has 0 aliphatic carbocycles. The van der Waals surface area contributed by atoms with E-state index < -0.39 is 0 Å². The van der Waals surface area contributed by atoms with Crippen molar-refractivity contribution in [1.82, 2.24) is 15.5 Å². The lowest BCUT2D eigenvalue weighted by Gasteiger charge is -2.06. The zero-order valence-corrected chi connectivity index (χ0v) is 15.6. The Labute approximate surface area is 163 Å². The van der Waals surface area contributed by atoms with Gasteiger partial charge in [-0.2, -0.15) is 0 Å². The molecule has 3 rings (SSSR count). The predicted molar refractivity (Wildman–Crippen MR) is 106 cm³/mol. The Bertz CT molecular complexity index is 920. The molecular formula is C21H22N4O3. The second-order valence-corrected chi connectivity index (χ2v) is 6.21.